The number of nitrogens with zero attached hydrogens (tertiary/aromatic N) is 3. The topological polar surface area (TPSA) is 63.4 Å². The van der Waals surface area contributed by atoms with Crippen LogP contribution in [0.3, 0.4) is 0 Å². The number of rotatable bonds is 7. The van der Waals surface area contributed by atoms with Crippen LogP contribution in [0.5, 0.6) is 5.75 Å². The van der Waals surface area contributed by atoms with Gasteiger partial charge in [0, 0.05) is 22.8 Å². The van der Waals surface area contributed by atoms with Crippen molar-refractivity contribution in [1.29, 1.82) is 0 Å². The van der Waals surface area contributed by atoms with Crippen LogP contribution in [0.1, 0.15) is 45.2 Å². The highest BCUT2D eigenvalue weighted by Gasteiger charge is 2.34. The first-order valence-corrected chi connectivity index (χ1v) is 11.8. The van der Waals surface area contributed by atoms with E-state index < -0.39 is 0 Å². The molecule has 2 aromatic carbocycles. The fourth-order valence-electron chi connectivity index (χ4n) is 3.87. The summed E-state index contributed by atoms with van der Waals surface area (Å²) in [6, 6.07) is 15.1. The Bertz CT molecular complexity index is 1160. The molecule has 1 unspecified atom stereocenters. The third-order valence-electron chi connectivity index (χ3n) is 5.43. The molecule has 0 radical (unpaired) electrons. The van der Waals surface area contributed by atoms with Gasteiger partial charge in [-0.15, -0.1) is 0 Å². The van der Waals surface area contributed by atoms with E-state index in [0.29, 0.717) is 34.4 Å². The molecule has 1 aliphatic rings. The van der Waals surface area contributed by atoms with E-state index in [1.807, 2.05) is 55.5 Å². The average molecular weight is 483 g/mol. The lowest BCUT2D eigenvalue weighted by molar-refractivity contribution is 0.340. The van der Waals surface area contributed by atoms with Crippen LogP contribution < -0.4 is 10.1 Å². The lowest BCUT2D eigenvalue weighted by Crippen LogP contribution is -2.47. The number of thiocarbonyl (C=S) groups is 1. The lowest BCUT2D eigenvalue weighted by atomic mass is 9.94. The number of hydrogen-bond acceptors (Lipinski definition) is 5. The molecule has 0 amide bonds. The predicted octanol–water partition coefficient (Wildman–Crippen LogP) is 6.11. The Labute approximate surface area is 204 Å². The number of ether oxygens (including phenoxy) is 1. The Kier molecular flexibility index (Phi) is 7.00. The van der Waals surface area contributed by atoms with Gasteiger partial charge in [0.25, 0.3) is 5.89 Å². The van der Waals surface area contributed by atoms with Gasteiger partial charge in [0.1, 0.15) is 5.75 Å². The maximum atomic E-state index is 6.03. The summed E-state index contributed by atoms with van der Waals surface area (Å²) in [6.45, 7) is 9.76. The molecule has 0 saturated carbocycles. The number of allylic oxidation sites excluding steroid dienone is 1. The largest absolute Gasteiger partial charge is 0.494 e. The normalized spacial score (nSPS) is 16.4. The van der Waals surface area contributed by atoms with Crippen molar-refractivity contribution < 1.29 is 9.26 Å². The SMILES string of the molecule is CCOc1ccc(C2NC(=S)N(CC(C)C)C(C)=C2c2nc(-c3ccc(Cl)cc3)no2)cc1. The van der Waals surface area contributed by atoms with Crippen LogP contribution in [0.2, 0.25) is 5.02 Å². The third kappa shape index (κ3) is 5.04. The Balaban J connectivity index is 1.77. The minimum atomic E-state index is -0.227. The Morgan fingerprint density at radius 2 is 1.85 bits per heavy atom. The van der Waals surface area contributed by atoms with Gasteiger partial charge in [-0.1, -0.05) is 42.7 Å². The number of halogens is 1. The van der Waals surface area contributed by atoms with E-state index in [0.717, 1.165) is 34.7 Å². The van der Waals surface area contributed by atoms with E-state index in [4.69, 9.17) is 38.1 Å². The molecule has 8 heteroatoms. The van der Waals surface area contributed by atoms with Crippen molar-refractivity contribution in [2.45, 2.75) is 33.7 Å². The van der Waals surface area contributed by atoms with Crippen molar-refractivity contribution in [3.8, 4) is 17.1 Å². The smallest absolute Gasteiger partial charge is 0.258 e. The Morgan fingerprint density at radius 3 is 2.48 bits per heavy atom. The molecule has 1 N–H and O–H groups in total. The summed E-state index contributed by atoms with van der Waals surface area (Å²) in [5, 5.41) is 9.06. The minimum absolute atomic E-state index is 0.227. The fraction of sp³-hybridized carbons (Fsp3) is 0.320. The van der Waals surface area contributed by atoms with Crippen molar-refractivity contribution in [2.24, 2.45) is 5.92 Å². The zero-order valence-electron chi connectivity index (χ0n) is 19.1. The molecule has 0 saturated heterocycles. The standard InChI is InChI=1S/C25H27ClN4O2S/c1-5-31-20-12-8-17(9-13-20)22-21(16(4)30(14-15(2)3)25(33)27-22)24-28-23(29-32-24)18-6-10-19(26)11-7-18/h6-13,15,22H,5,14H2,1-4H3,(H,27,33). The fourth-order valence-corrected chi connectivity index (χ4v) is 4.32. The number of benzene rings is 2. The van der Waals surface area contributed by atoms with Gasteiger partial charge in [0.15, 0.2) is 5.11 Å². The number of aromatic nitrogens is 2. The van der Waals surface area contributed by atoms with Crippen LogP contribution in [0.25, 0.3) is 17.0 Å². The molecule has 1 aromatic heterocycles. The molecule has 3 aromatic rings. The van der Waals surface area contributed by atoms with E-state index in [1.165, 1.54) is 0 Å². The molecule has 1 atom stereocenters. The van der Waals surface area contributed by atoms with E-state index in [-0.39, 0.29) is 6.04 Å². The van der Waals surface area contributed by atoms with Crippen molar-refractivity contribution in [3.63, 3.8) is 0 Å². The molecule has 1 aliphatic heterocycles. The summed E-state index contributed by atoms with van der Waals surface area (Å²) in [7, 11) is 0. The van der Waals surface area contributed by atoms with Gasteiger partial charge >= 0.3 is 0 Å². The van der Waals surface area contributed by atoms with Crippen molar-refractivity contribution >= 4 is 34.5 Å². The summed E-state index contributed by atoms with van der Waals surface area (Å²) in [4.78, 5) is 6.84. The number of hydrogen-bond donors (Lipinski definition) is 1. The summed E-state index contributed by atoms with van der Waals surface area (Å²) in [6.07, 6.45) is 0. The van der Waals surface area contributed by atoms with Crippen LogP contribution in [0.4, 0.5) is 0 Å². The quantitative estimate of drug-likeness (QED) is 0.408. The van der Waals surface area contributed by atoms with E-state index in [1.54, 1.807) is 0 Å². The maximum Gasteiger partial charge on any atom is 0.258 e. The second-order valence-corrected chi connectivity index (χ2v) is 9.14. The lowest BCUT2D eigenvalue weighted by Gasteiger charge is -2.38. The summed E-state index contributed by atoms with van der Waals surface area (Å²) in [5.41, 5.74) is 3.77. The van der Waals surface area contributed by atoms with Crippen LogP contribution in [-0.4, -0.2) is 33.3 Å². The Hall–Kier alpha value is -2.90. The van der Waals surface area contributed by atoms with Gasteiger partial charge in [0.05, 0.1) is 18.2 Å². The van der Waals surface area contributed by atoms with Gasteiger partial charge in [-0.05, 0) is 73.9 Å². The zero-order valence-corrected chi connectivity index (χ0v) is 20.7. The molecule has 0 spiro atoms. The highest BCUT2D eigenvalue weighted by molar-refractivity contribution is 7.80. The molecule has 4 rings (SSSR count). The molecule has 172 valence electrons. The van der Waals surface area contributed by atoms with Crippen LogP contribution >= 0.6 is 23.8 Å². The Morgan fingerprint density at radius 1 is 1.15 bits per heavy atom. The zero-order chi connectivity index (χ0) is 23.5. The average Bonchev–Trinajstić information content (AvgIpc) is 3.27. The first kappa shape index (κ1) is 23.3. The second kappa shape index (κ2) is 9.93. The van der Waals surface area contributed by atoms with Crippen molar-refractivity contribution in [3.05, 3.63) is 70.7 Å². The first-order valence-electron chi connectivity index (χ1n) is 11.0. The predicted molar refractivity (Wildman–Crippen MR) is 135 cm³/mol. The van der Waals surface area contributed by atoms with E-state index in [2.05, 4.69) is 36.1 Å². The molecule has 0 aliphatic carbocycles. The summed E-state index contributed by atoms with van der Waals surface area (Å²) < 4.78 is 11.4. The van der Waals surface area contributed by atoms with Crippen LogP contribution in [0.15, 0.2) is 58.8 Å². The van der Waals surface area contributed by atoms with Gasteiger partial charge in [-0.25, -0.2) is 0 Å². The second-order valence-electron chi connectivity index (χ2n) is 8.32. The van der Waals surface area contributed by atoms with Crippen molar-refractivity contribution in [2.75, 3.05) is 13.2 Å². The third-order valence-corrected chi connectivity index (χ3v) is 6.02. The molecule has 0 fully saturated rings. The molecule has 6 nitrogen and oxygen atoms in total. The molecule has 0 bridgehead atoms. The monoisotopic (exact) mass is 482 g/mol. The van der Waals surface area contributed by atoms with Gasteiger partial charge in [-0.3, -0.25) is 0 Å². The van der Waals surface area contributed by atoms with Gasteiger partial charge in [-0.2, -0.15) is 4.98 Å². The minimum Gasteiger partial charge on any atom is -0.494 e. The highest BCUT2D eigenvalue weighted by Crippen LogP contribution is 2.38. The summed E-state index contributed by atoms with van der Waals surface area (Å²) in [5.74, 6) is 2.22. The molecular weight excluding hydrogens is 456 g/mol. The first-order chi connectivity index (χ1) is 15.9. The molecule has 2 heterocycles. The highest BCUT2D eigenvalue weighted by atomic mass is 35.5. The molecular formula is C25H27ClN4O2S. The maximum absolute atomic E-state index is 6.03. The van der Waals surface area contributed by atoms with Crippen LogP contribution in [0, 0.1) is 5.92 Å². The molecule has 33 heavy (non-hydrogen) atoms. The number of nitrogens with one attached hydrogen (secondary N) is 1. The van der Waals surface area contributed by atoms with E-state index in [9.17, 15) is 0 Å². The van der Waals surface area contributed by atoms with Gasteiger partial charge < -0.3 is 19.5 Å². The van der Waals surface area contributed by atoms with Gasteiger partial charge in [0.2, 0.25) is 5.82 Å². The van der Waals surface area contributed by atoms with E-state index >= 15 is 0 Å². The van der Waals surface area contributed by atoms with Crippen LogP contribution in [-0.2, 0) is 0 Å². The summed E-state index contributed by atoms with van der Waals surface area (Å²) >= 11 is 11.8. The van der Waals surface area contributed by atoms with Crippen molar-refractivity contribution in [1.82, 2.24) is 20.4 Å².